The third-order valence-electron chi connectivity index (χ3n) is 2.49. The normalized spacial score (nSPS) is 10.6. The fourth-order valence-electron chi connectivity index (χ4n) is 1.62. The molecule has 0 bridgehead atoms. The molecule has 0 amide bonds. The van der Waals surface area contributed by atoms with Crippen molar-refractivity contribution < 1.29 is 18.7 Å². The summed E-state index contributed by atoms with van der Waals surface area (Å²) in [6.07, 6.45) is -0.227. The molecule has 0 saturated carbocycles. The van der Waals surface area contributed by atoms with Crippen LogP contribution in [0.5, 0.6) is 0 Å². The molecule has 0 saturated heterocycles. The summed E-state index contributed by atoms with van der Waals surface area (Å²) in [4.78, 5) is 24.5. The van der Waals surface area contributed by atoms with Crippen molar-refractivity contribution in [2.75, 3.05) is 0 Å². The number of halogens is 1. The lowest BCUT2D eigenvalue weighted by Gasteiger charge is -2.05. The molecular formula is C15H13FO3S. The maximum atomic E-state index is 13.6. The molecule has 5 heteroatoms. The number of benzene rings is 1. The topological polar surface area (TPSA) is 43.4 Å². The second-order valence-electron chi connectivity index (χ2n) is 4.43. The predicted octanol–water partition coefficient (Wildman–Crippen LogP) is 3.68. The molecule has 0 fully saturated rings. The summed E-state index contributed by atoms with van der Waals surface area (Å²) >= 11 is 1.00. The number of carbonyl (C=O) groups excluding carboxylic acids is 2. The van der Waals surface area contributed by atoms with Crippen LogP contribution >= 0.6 is 11.3 Å². The highest BCUT2D eigenvalue weighted by molar-refractivity contribution is 7.16. The van der Waals surface area contributed by atoms with Crippen molar-refractivity contribution in [3.8, 4) is 0 Å². The van der Waals surface area contributed by atoms with Crippen LogP contribution < -0.4 is 0 Å². The molecule has 20 heavy (non-hydrogen) atoms. The molecule has 1 aromatic heterocycles. The summed E-state index contributed by atoms with van der Waals surface area (Å²) in [6.45, 7) is 3.49. The maximum Gasteiger partial charge on any atom is 0.348 e. The highest BCUT2D eigenvalue weighted by atomic mass is 32.1. The highest BCUT2D eigenvalue weighted by Gasteiger charge is 2.18. The fourth-order valence-corrected chi connectivity index (χ4v) is 2.46. The van der Waals surface area contributed by atoms with Crippen molar-refractivity contribution in [3.63, 3.8) is 0 Å². The molecule has 2 rings (SSSR count). The van der Waals surface area contributed by atoms with Gasteiger partial charge in [-0.1, -0.05) is 12.1 Å². The van der Waals surface area contributed by atoms with E-state index >= 15 is 0 Å². The smallest absolute Gasteiger partial charge is 0.348 e. The molecule has 0 aliphatic heterocycles. The Labute approximate surface area is 120 Å². The van der Waals surface area contributed by atoms with Crippen LogP contribution in [0.3, 0.4) is 0 Å². The Morgan fingerprint density at radius 2 is 1.75 bits per heavy atom. The van der Waals surface area contributed by atoms with Gasteiger partial charge >= 0.3 is 5.97 Å². The van der Waals surface area contributed by atoms with Crippen LogP contribution in [0, 0.1) is 5.82 Å². The Morgan fingerprint density at radius 3 is 2.40 bits per heavy atom. The molecule has 0 atom stereocenters. The van der Waals surface area contributed by atoms with Crippen molar-refractivity contribution in [1.82, 2.24) is 0 Å². The first-order valence-corrected chi connectivity index (χ1v) is 6.90. The minimum absolute atomic E-state index is 0.00173. The first-order valence-electron chi connectivity index (χ1n) is 6.09. The molecule has 104 valence electrons. The Hall–Kier alpha value is -2.01. The number of esters is 1. The van der Waals surface area contributed by atoms with Gasteiger partial charge in [0.05, 0.1) is 16.5 Å². The van der Waals surface area contributed by atoms with E-state index in [0.717, 1.165) is 11.3 Å². The molecule has 0 spiro atoms. The quantitative estimate of drug-likeness (QED) is 0.637. The van der Waals surface area contributed by atoms with Crippen LogP contribution in [0.1, 0.15) is 38.8 Å². The number of ether oxygens (including phenoxy) is 1. The summed E-state index contributed by atoms with van der Waals surface area (Å²) in [5.41, 5.74) is -0.00173. The van der Waals surface area contributed by atoms with Crippen molar-refractivity contribution in [2.24, 2.45) is 0 Å². The van der Waals surface area contributed by atoms with E-state index in [2.05, 4.69) is 0 Å². The summed E-state index contributed by atoms with van der Waals surface area (Å²) in [6, 6.07) is 8.79. The number of carbonyl (C=O) groups is 2. The monoisotopic (exact) mass is 292 g/mol. The molecule has 0 N–H and O–H groups in total. The van der Waals surface area contributed by atoms with Crippen LogP contribution in [0.15, 0.2) is 36.4 Å². The SMILES string of the molecule is CC(C)OC(=O)c1ccc(C(=O)c2ccccc2F)s1. The van der Waals surface area contributed by atoms with Gasteiger partial charge in [0.2, 0.25) is 5.78 Å². The Balaban J connectivity index is 2.23. The predicted molar refractivity (Wildman–Crippen MR) is 74.7 cm³/mol. The summed E-state index contributed by atoms with van der Waals surface area (Å²) in [7, 11) is 0. The van der Waals surface area contributed by atoms with E-state index < -0.39 is 17.6 Å². The summed E-state index contributed by atoms with van der Waals surface area (Å²) in [5.74, 6) is -1.48. The van der Waals surface area contributed by atoms with E-state index in [9.17, 15) is 14.0 Å². The van der Waals surface area contributed by atoms with E-state index in [0.29, 0.717) is 9.75 Å². The molecule has 1 heterocycles. The zero-order valence-electron chi connectivity index (χ0n) is 11.1. The number of hydrogen-bond acceptors (Lipinski definition) is 4. The van der Waals surface area contributed by atoms with E-state index in [1.54, 1.807) is 19.9 Å². The maximum absolute atomic E-state index is 13.6. The van der Waals surface area contributed by atoms with Crippen molar-refractivity contribution in [3.05, 3.63) is 57.5 Å². The van der Waals surface area contributed by atoms with Gasteiger partial charge in [0.1, 0.15) is 10.7 Å². The fraction of sp³-hybridized carbons (Fsp3) is 0.200. The average molecular weight is 292 g/mol. The Morgan fingerprint density at radius 1 is 1.10 bits per heavy atom. The minimum atomic E-state index is -0.572. The zero-order chi connectivity index (χ0) is 14.7. The van der Waals surface area contributed by atoms with E-state index in [1.807, 2.05) is 0 Å². The van der Waals surface area contributed by atoms with Crippen molar-refractivity contribution >= 4 is 23.1 Å². The average Bonchev–Trinajstić information content (AvgIpc) is 2.87. The molecule has 0 unspecified atom stereocenters. The Kier molecular flexibility index (Phi) is 4.29. The van der Waals surface area contributed by atoms with Gasteiger partial charge in [-0.15, -0.1) is 11.3 Å². The van der Waals surface area contributed by atoms with Gasteiger partial charge < -0.3 is 4.74 Å². The van der Waals surface area contributed by atoms with Gasteiger partial charge in [0.25, 0.3) is 0 Å². The van der Waals surface area contributed by atoms with Crippen LogP contribution in [0.4, 0.5) is 4.39 Å². The van der Waals surface area contributed by atoms with Gasteiger partial charge in [0.15, 0.2) is 0 Å². The van der Waals surface area contributed by atoms with Crippen LogP contribution in [0.2, 0.25) is 0 Å². The second-order valence-corrected chi connectivity index (χ2v) is 5.51. The van der Waals surface area contributed by atoms with Crippen LogP contribution in [0.25, 0.3) is 0 Å². The summed E-state index contributed by atoms with van der Waals surface area (Å²) in [5, 5.41) is 0. The second kappa shape index (κ2) is 5.96. The zero-order valence-corrected chi connectivity index (χ0v) is 11.9. The molecule has 0 radical (unpaired) electrons. The molecule has 3 nitrogen and oxygen atoms in total. The first kappa shape index (κ1) is 14.4. The Bertz CT molecular complexity index is 646. The molecule has 0 aliphatic carbocycles. The van der Waals surface area contributed by atoms with Gasteiger partial charge in [-0.3, -0.25) is 4.79 Å². The van der Waals surface area contributed by atoms with Crippen molar-refractivity contribution in [1.29, 1.82) is 0 Å². The van der Waals surface area contributed by atoms with E-state index in [-0.39, 0.29) is 11.7 Å². The number of hydrogen-bond donors (Lipinski definition) is 0. The number of thiophene rings is 1. The van der Waals surface area contributed by atoms with Gasteiger partial charge in [0, 0.05) is 0 Å². The van der Waals surface area contributed by atoms with Gasteiger partial charge in [-0.25, -0.2) is 9.18 Å². The molecule has 2 aromatic rings. The largest absolute Gasteiger partial charge is 0.459 e. The van der Waals surface area contributed by atoms with Gasteiger partial charge in [-0.2, -0.15) is 0 Å². The first-order chi connectivity index (χ1) is 9.49. The lowest BCUT2D eigenvalue weighted by molar-refractivity contribution is 0.0384. The van der Waals surface area contributed by atoms with E-state index in [1.165, 1.54) is 30.3 Å². The molecule has 0 aliphatic rings. The molecular weight excluding hydrogens is 279 g/mol. The highest BCUT2D eigenvalue weighted by Crippen LogP contribution is 2.22. The van der Waals surface area contributed by atoms with Gasteiger partial charge in [-0.05, 0) is 38.1 Å². The standard InChI is InChI=1S/C15H13FO3S/c1-9(2)19-15(18)13-8-7-12(20-13)14(17)10-5-3-4-6-11(10)16/h3-9H,1-2H3. The third kappa shape index (κ3) is 3.11. The van der Waals surface area contributed by atoms with Crippen molar-refractivity contribution in [2.45, 2.75) is 20.0 Å². The third-order valence-corrected chi connectivity index (χ3v) is 3.56. The van der Waals surface area contributed by atoms with Crippen LogP contribution in [-0.2, 0) is 4.74 Å². The minimum Gasteiger partial charge on any atom is -0.459 e. The number of ketones is 1. The number of rotatable bonds is 4. The molecule has 1 aromatic carbocycles. The van der Waals surface area contributed by atoms with Crippen LogP contribution in [-0.4, -0.2) is 17.9 Å². The summed E-state index contributed by atoms with van der Waals surface area (Å²) < 4.78 is 18.6. The lowest BCUT2D eigenvalue weighted by atomic mass is 10.1. The lowest BCUT2D eigenvalue weighted by Crippen LogP contribution is -2.10. The van der Waals surface area contributed by atoms with E-state index in [4.69, 9.17) is 4.74 Å².